The van der Waals surface area contributed by atoms with E-state index < -0.39 is 16.8 Å². The van der Waals surface area contributed by atoms with E-state index in [9.17, 15) is 14.4 Å². The van der Waals surface area contributed by atoms with Crippen LogP contribution in [-0.4, -0.2) is 75.9 Å². The Morgan fingerprint density at radius 1 is 1.19 bits per heavy atom. The second-order valence-electron chi connectivity index (χ2n) is 7.75. The largest absolute Gasteiger partial charge is 0.346 e. The molecule has 0 saturated heterocycles. The molecule has 2 atom stereocenters. The molecule has 2 aromatic rings. The summed E-state index contributed by atoms with van der Waals surface area (Å²) in [6.07, 6.45) is 1.89. The van der Waals surface area contributed by atoms with Crippen molar-refractivity contribution in [3.05, 3.63) is 30.3 Å². The van der Waals surface area contributed by atoms with E-state index >= 15 is 0 Å². The van der Waals surface area contributed by atoms with E-state index in [0.717, 1.165) is 17.1 Å². The van der Waals surface area contributed by atoms with E-state index in [4.69, 9.17) is 0 Å². The molecule has 3 amide bonds. The highest BCUT2D eigenvalue weighted by Gasteiger charge is 2.40. The SMILES string of the molecule is CN[C@@H](C)C(=O)NCC(=O)N(C)[C@H](C(=O)Nc1snnc1-c1ccccc1)C(C)(C)SC. The van der Waals surface area contributed by atoms with E-state index in [1.54, 1.807) is 21.0 Å². The van der Waals surface area contributed by atoms with Gasteiger partial charge in [-0.05, 0) is 34.1 Å². The maximum atomic E-state index is 13.4. The zero-order valence-electron chi connectivity index (χ0n) is 19.1. The van der Waals surface area contributed by atoms with Crippen LogP contribution in [0.1, 0.15) is 20.8 Å². The first-order valence-electron chi connectivity index (χ1n) is 10.1. The summed E-state index contributed by atoms with van der Waals surface area (Å²) < 4.78 is 3.39. The van der Waals surface area contributed by atoms with Crippen molar-refractivity contribution < 1.29 is 14.4 Å². The Kier molecular flexibility index (Phi) is 9.17. The van der Waals surface area contributed by atoms with Crippen molar-refractivity contribution in [2.75, 3.05) is 32.2 Å². The molecule has 9 nitrogen and oxygen atoms in total. The number of benzene rings is 1. The van der Waals surface area contributed by atoms with E-state index in [-0.39, 0.29) is 24.3 Å². The summed E-state index contributed by atoms with van der Waals surface area (Å²) in [5.74, 6) is -1.00. The molecule has 0 fully saturated rings. The first-order chi connectivity index (χ1) is 15.1. The molecule has 0 aliphatic heterocycles. The molecular weight excluding hydrogens is 448 g/mol. The number of nitrogens with zero attached hydrogens (tertiary/aromatic N) is 3. The third-order valence-electron chi connectivity index (χ3n) is 5.23. The number of rotatable bonds is 10. The predicted octanol–water partition coefficient (Wildman–Crippen LogP) is 1.84. The zero-order valence-corrected chi connectivity index (χ0v) is 20.8. The maximum absolute atomic E-state index is 13.4. The van der Waals surface area contributed by atoms with Crippen molar-refractivity contribution >= 4 is 46.0 Å². The molecule has 0 aliphatic carbocycles. The van der Waals surface area contributed by atoms with Gasteiger partial charge in [-0.15, -0.1) is 5.10 Å². The number of hydrogen-bond acceptors (Lipinski definition) is 8. The molecule has 32 heavy (non-hydrogen) atoms. The van der Waals surface area contributed by atoms with Crippen molar-refractivity contribution in [1.29, 1.82) is 0 Å². The molecule has 1 heterocycles. The average Bonchev–Trinajstić information content (AvgIpc) is 3.24. The van der Waals surface area contributed by atoms with E-state index in [1.807, 2.05) is 50.4 Å². The Balaban J connectivity index is 2.21. The average molecular weight is 479 g/mol. The Morgan fingerprint density at radius 2 is 1.84 bits per heavy atom. The van der Waals surface area contributed by atoms with Crippen LogP contribution < -0.4 is 16.0 Å². The lowest BCUT2D eigenvalue weighted by molar-refractivity contribution is -0.138. The number of hydrogen-bond donors (Lipinski definition) is 3. The summed E-state index contributed by atoms with van der Waals surface area (Å²) in [5, 5.41) is 13.0. The summed E-state index contributed by atoms with van der Waals surface area (Å²) in [4.78, 5) is 39.6. The fourth-order valence-electron chi connectivity index (χ4n) is 3.02. The van der Waals surface area contributed by atoms with Crippen LogP contribution >= 0.6 is 23.3 Å². The highest BCUT2D eigenvalue weighted by molar-refractivity contribution is 8.00. The van der Waals surface area contributed by atoms with Crippen LogP contribution in [0.15, 0.2) is 30.3 Å². The monoisotopic (exact) mass is 478 g/mol. The van der Waals surface area contributed by atoms with E-state index in [0.29, 0.717) is 10.7 Å². The molecule has 0 bridgehead atoms. The van der Waals surface area contributed by atoms with Gasteiger partial charge >= 0.3 is 0 Å². The van der Waals surface area contributed by atoms with Crippen LogP contribution in [0.25, 0.3) is 11.3 Å². The van der Waals surface area contributed by atoms with Crippen LogP contribution in [0, 0.1) is 0 Å². The van der Waals surface area contributed by atoms with Crippen molar-refractivity contribution in [2.45, 2.75) is 37.6 Å². The van der Waals surface area contributed by atoms with Gasteiger partial charge in [0.2, 0.25) is 17.7 Å². The predicted molar refractivity (Wildman–Crippen MR) is 130 cm³/mol. The van der Waals surface area contributed by atoms with Gasteiger partial charge in [-0.1, -0.05) is 34.8 Å². The molecule has 0 radical (unpaired) electrons. The van der Waals surface area contributed by atoms with E-state index in [1.165, 1.54) is 16.7 Å². The van der Waals surface area contributed by atoms with Crippen molar-refractivity contribution in [3.63, 3.8) is 0 Å². The zero-order chi connectivity index (χ0) is 23.9. The minimum Gasteiger partial charge on any atom is -0.346 e. The van der Waals surface area contributed by atoms with Gasteiger partial charge < -0.3 is 20.9 Å². The van der Waals surface area contributed by atoms with Crippen LogP contribution in [0.2, 0.25) is 0 Å². The molecule has 174 valence electrons. The van der Waals surface area contributed by atoms with Gasteiger partial charge in [-0.2, -0.15) is 11.8 Å². The number of likely N-dealkylation sites (N-methyl/N-ethyl adjacent to an activating group) is 2. The Labute approximate surface area is 196 Å². The fraction of sp³-hybridized carbons (Fsp3) is 0.476. The molecule has 2 rings (SSSR count). The summed E-state index contributed by atoms with van der Waals surface area (Å²) in [6.45, 7) is 5.30. The Hall–Kier alpha value is -2.50. The van der Waals surface area contributed by atoms with Gasteiger partial charge in [0.1, 0.15) is 16.7 Å². The lowest BCUT2D eigenvalue weighted by atomic mass is 10.0. The lowest BCUT2D eigenvalue weighted by Crippen LogP contribution is -2.57. The normalized spacial score (nSPS) is 13.2. The van der Waals surface area contributed by atoms with Gasteiger partial charge in [0.15, 0.2) is 0 Å². The van der Waals surface area contributed by atoms with Gasteiger partial charge in [-0.25, -0.2) is 0 Å². The summed E-state index contributed by atoms with van der Waals surface area (Å²) in [5.41, 5.74) is 1.41. The first kappa shape index (κ1) is 25.8. The summed E-state index contributed by atoms with van der Waals surface area (Å²) in [6, 6.07) is 8.22. The number of aromatic nitrogens is 2. The Bertz CT molecular complexity index is 935. The van der Waals surface area contributed by atoms with Crippen LogP contribution in [0.3, 0.4) is 0 Å². The number of anilines is 1. The molecule has 1 aromatic carbocycles. The lowest BCUT2D eigenvalue weighted by Gasteiger charge is -2.38. The van der Waals surface area contributed by atoms with Crippen LogP contribution in [0.5, 0.6) is 0 Å². The van der Waals surface area contributed by atoms with Crippen molar-refractivity contribution in [3.8, 4) is 11.3 Å². The van der Waals surface area contributed by atoms with Crippen molar-refractivity contribution in [1.82, 2.24) is 25.1 Å². The van der Waals surface area contributed by atoms with E-state index in [2.05, 4.69) is 25.5 Å². The maximum Gasteiger partial charge on any atom is 0.249 e. The fourth-order valence-corrected chi connectivity index (χ4v) is 4.11. The topological polar surface area (TPSA) is 116 Å². The highest BCUT2D eigenvalue weighted by atomic mass is 32.2. The molecule has 0 spiro atoms. The minimum absolute atomic E-state index is 0.201. The van der Waals surface area contributed by atoms with Gasteiger partial charge in [-0.3, -0.25) is 14.4 Å². The van der Waals surface area contributed by atoms with Gasteiger partial charge in [0.05, 0.1) is 12.6 Å². The standard InChI is InChI=1S/C21H30N6O3S2/c1-13(22-4)18(29)23-12-15(28)27(5)17(21(2,3)31-6)19(30)24-20-16(25-26-32-20)14-10-8-7-9-11-14/h7-11,13,17,22H,12H2,1-6H3,(H,23,29)(H,24,30)/t13-,17+/m0/s1. The first-order valence-corrected chi connectivity index (χ1v) is 12.1. The molecule has 11 heteroatoms. The third-order valence-corrected chi connectivity index (χ3v) is 7.14. The second-order valence-corrected chi connectivity index (χ2v) is 9.96. The van der Waals surface area contributed by atoms with Crippen LogP contribution in [-0.2, 0) is 14.4 Å². The third kappa shape index (κ3) is 6.27. The quantitative estimate of drug-likeness (QED) is 0.477. The van der Waals surface area contributed by atoms with Gasteiger partial charge in [0.25, 0.3) is 0 Å². The molecule has 1 aromatic heterocycles. The number of carbonyl (C=O) groups excluding carboxylic acids is 3. The number of nitrogens with one attached hydrogen (secondary N) is 3. The minimum atomic E-state index is -0.797. The molecular formula is C21H30N6O3S2. The molecule has 3 N–H and O–H groups in total. The summed E-state index contributed by atoms with van der Waals surface area (Å²) in [7, 11) is 3.23. The smallest absolute Gasteiger partial charge is 0.249 e. The number of carbonyl (C=O) groups is 3. The second kappa shape index (κ2) is 11.4. The Morgan fingerprint density at radius 3 is 2.44 bits per heavy atom. The van der Waals surface area contributed by atoms with Crippen LogP contribution in [0.4, 0.5) is 5.00 Å². The molecule has 0 aliphatic rings. The van der Waals surface area contributed by atoms with Crippen molar-refractivity contribution in [2.24, 2.45) is 0 Å². The number of thioether (sulfide) groups is 1. The summed E-state index contributed by atoms with van der Waals surface area (Å²) >= 11 is 2.56. The molecule has 0 unspecified atom stereocenters. The highest BCUT2D eigenvalue weighted by Crippen LogP contribution is 2.32. The molecule has 0 saturated carbocycles. The van der Waals surface area contributed by atoms with Gasteiger partial charge in [0, 0.05) is 28.9 Å². The number of amides is 3.